The number of ether oxygens (including phenoxy) is 1. The molecule has 0 amide bonds. The first kappa shape index (κ1) is 16.6. The summed E-state index contributed by atoms with van der Waals surface area (Å²) in [5.74, 6) is 0.773. The van der Waals surface area contributed by atoms with Crippen LogP contribution in [0.2, 0.25) is 0 Å². The van der Waals surface area contributed by atoms with Crippen LogP contribution in [0.1, 0.15) is 5.56 Å². The second-order valence-corrected chi connectivity index (χ2v) is 8.73. The van der Waals surface area contributed by atoms with Crippen molar-refractivity contribution in [2.45, 2.75) is 16.2 Å². The quantitative estimate of drug-likeness (QED) is 0.715. The maximum absolute atomic E-state index is 13.3. The van der Waals surface area contributed by atoms with Crippen molar-refractivity contribution < 1.29 is 13.2 Å². The Balaban J connectivity index is 1.61. The van der Waals surface area contributed by atoms with Gasteiger partial charge in [-0.05, 0) is 29.8 Å². The van der Waals surface area contributed by atoms with E-state index in [0.29, 0.717) is 17.6 Å². The third kappa shape index (κ3) is 2.67. The largest absolute Gasteiger partial charge is 0.493 e. The lowest BCUT2D eigenvalue weighted by molar-refractivity contribution is 0.356. The molecule has 8 heteroatoms. The van der Waals surface area contributed by atoms with E-state index in [0.717, 1.165) is 49.6 Å². The molecule has 1 aromatic carbocycles. The van der Waals surface area contributed by atoms with Crippen molar-refractivity contribution >= 4 is 26.6 Å². The standard InChI is InChI=1S/C19H20N4O3S/c24-27(25,14-1-2-16-13(11-14)4-10-26-16)17-3-5-21-18-15(12-22-19(17)18)23-8-6-20-7-9-23/h1-3,5,11-12,20,22H,4,6-10H2. The maximum atomic E-state index is 13.3. The number of nitrogens with zero attached hydrogens (tertiary/aromatic N) is 2. The molecule has 2 aliphatic heterocycles. The second-order valence-electron chi connectivity index (χ2n) is 6.82. The Morgan fingerprint density at radius 1 is 1.15 bits per heavy atom. The summed E-state index contributed by atoms with van der Waals surface area (Å²) >= 11 is 0. The van der Waals surface area contributed by atoms with E-state index in [1.807, 2.05) is 6.20 Å². The fourth-order valence-electron chi connectivity index (χ4n) is 3.81. The molecule has 2 aliphatic rings. The monoisotopic (exact) mass is 384 g/mol. The number of anilines is 1. The van der Waals surface area contributed by atoms with E-state index in [1.165, 1.54) is 0 Å². The molecule has 1 saturated heterocycles. The molecule has 3 aromatic rings. The van der Waals surface area contributed by atoms with Crippen molar-refractivity contribution in [3.8, 4) is 5.75 Å². The number of aromatic nitrogens is 2. The van der Waals surface area contributed by atoms with Gasteiger partial charge in [0.15, 0.2) is 0 Å². The van der Waals surface area contributed by atoms with Crippen molar-refractivity contribution in [1.29, 1.82) is 0 Å². The number of fused-ring (bicyclic) bond motifs is 2. The van der Waals surface area contributed by atoms with Crippen LogP contribution in [0.15, 0.2) is 46.5 Å². The Kier molecular flexibility index (Phi) is 3.84. The zero-order valence-corrected chi connectivity index (χ0v) is 15.6. The zero-order valence-electron chi connectivity index (χ0n) is 14.7. The van der Waals surface area contributed by atoms with Crippen LogP contribution in [0.3, 0.4) is 0 Å². The highest BCUT2D eigenvalue weighted by Crippen LogP contribution is 2.34. The van der Waals surface area contributed by atoms with Crippen LogP contribution < -0.4 is 15.0 Å². The Labute approximate surface area is 157 Å². The molecule has 0 unspecified atom stereocenters. The summed E-state index contributed by atoms with van der Waals surface area (Å²) in [6.45, 7) is 4.15. The predicted molar refractivity (Wildman–Crippen MR) is 102 cm³/mol. The van der Waals surface area contributed by atoms with Gasteiger partial charge in [-0.1, -0.05) is 0 Å². The summed E-state index contributed by atoms with van der Waals surface area (Å²) in [6.07, 6.45) is 4.17. The first-order chi connectivity index (χ1) is 13.1. The van der Waals surface area contributed by atoms with Gasteiger partial charge in [-0.25, -0.2) is 8.42 Å². The number of hydrogen-bond acceptors (Lipinski definition) is 6. The predicted octanol–water partition coefficient (Wildman–Crippen LogP) is 1.74. The minimum absolute atomic E-state index is 0.257. The van der Waals surface area contributed by atoms with Gasteiger partial charge in [0.25, 0.3) is 0 Å². The molecular formula is C19H20N4O3S. The Morgan fingerprint density at radius 2 is 2.00 bits per heavy atom. The lowest BCUT2D eigenvalue weighted by Gasteiger charge is -2.28. The highest BCUT2D eigenvalue weighted by Gasteiger charge is 2.26. The van der Waals surface area contributed by atoms with Gasteiger partial charge in [0.2, 0.25) is 9.84 Å². The van der Waals surface area contributed by atoms with Gasteiger partial charge in [-0.3, -0.25) is 4.98 Å². The van der Waals surface area contributed by atoms with Crippen LogP contribution in [0, 0.1) is 0 Å². The van der Waals surface area contributed by atoms with Gasteiger partial charge in [-0.15, -0.1) is 0 Å². The molecule has 140 valence electrons. The van der Waals surface area contributed by atoms with E-state index in [4.69, 9.17) is 4.74 Å². The third-order valence-corrected chi connectivity index (χ3v) is 7.02. The van der Waals surface area contributed by atoms with Gasteiger partial charge >= 0.3 is 0 Å². The van der Waals surface area contributed by atoms with Crippen molar-refractivity contribution in [2.75, 3.05) is 37.7 Å². The number of nitrogens with one attached hydrogen (secondary N) is 2. The summed E-state index contributed by atoms with van der Waals surface area (Å²) in [5, 5.41) is 3.32. The van der Waals surface area contributed by atoms with E-state index in [-0.39, 0.29) is 9.79 Å². The summed E-state index contributed by atoms with van der Waals surface area (Å²) < 4.78 is 32.1. The lowest BCUT2D eigenvalue weighted by Crippen LogP contribution is -2.43. The second kappa shape index (κ2) is 6.24. The summed E-state index contributed by atoms with van der Waals surface area (Å²) in [6, 6.07) is 6.66. The van der Waals surface area contributed by atoms with Crippen LogP contribution in [-0.2, 0) is 16.3 Å². The van der Waals surface area contributed by atoms with Gasteiger partial charge in [0.05, 0.1) is 27.6 Å². The number of H-pyrrole nitrogens is 1. The van der Waals surface area contributed by atoms with Crippen molar-refractivity contribution in [3.05, 3.63) is 42.2 Å². The van der Waals surface area contributed by atoms with E-state index < -0.39 is 9.84 Å². The molecule has 7 nitrogen and oxygen atoms in total. The van der Waals surface area contributed by atoms with Gasteiger partial charge in [-0.2, -0.15) is 0 Å². The van der Waals surface area contributed by atoms with Gasteiger partial charge in [0.1, 0.15) is 11.3 Å². The van der Waals surface area contributed by atoms with Gasteiger partial charge < -0.3 is 19.9 Å². The SMILES string of the molecule is O=S(=O)(c1ccc2c(c1)CCO2)c1ccnc2c(N3CCNCC3)c[nH]c12. The number of aromatic amines is 1. The Morgan fingerprint density at radius 3 is 2.85 bits per heavy atom. The molecule has 0 saturated carbocycles. The fourth-order valence-corrected chi connectivity index (χ4v) is 5.28. The number of rotatable bonds is 3. The Bertz CT molecular complexity index is 1120. The first-order valence-electron chi connectivity index (χ1n) is 9.07. The number of piperazine rings is 1. The fraction of sp³-hybridized carbons (Fsp3) is 0.316. The molecule has 0 atom stereocenters. The van der Waals surface area contributed by atoms with Gasteiger partial charge in [0, 0.05) is 45.0 Å². The van der Waals surface area contributed by atoms with E-state index in [1.54, 1.807) is 30.5 Å². The highest BCUT2D eigenvalue weighted by atomic mass is 32.2. The third-order valence-electron chi connectivity index (χ3n) is 5.23. The van der Waals surface area contributed by atoms with Crippen molar-refractivity contribution in [2.24, 2.45) is 0 Å². The molecule has 0 bridgehead atoms. The molecule has 4 heterocycles. The molecule has 0 aliphatic carbocycles. The van der Waals surface area contributed by atoms with E-state index in [2.05, 4.69) is 20.2 Å². The van der Waals surface area contributed by atoms with Crippen LogP contribution in [0.5, 0.6) is 5.75 Å². The molecule has 0 spiro atoms. The summed E-state index contributed by atoms with van der Waals surface area (Å²) in [4.78, 5) is 10.4. The van der Waals surface area contributed by atoms with Crippen LogP contribution in [0.25, 0.3) is 11.0 Å². The molecule has 5 rings (SSSR count). The zero-order chi connectivity index (χ0) is 18.4. The highest BCUT2D eigenvalue weighted by molar-refractivity contribution is 7.91. The van der Waals surface area contributed by atoms with Crippen molar-refractivity contribution in [1.82, 2.24) is 15.3 Å². The summed E-state index contributed by atoms with van der Waals surface area (Å²) in [5.41, 5.74) is 3.14. The average molecular weight is 384 g/mol. The first-order valence-corrected chi connectivity index (χ1v) is 10.6. The minimum atomic E-state index is -3.66. The lowest BCUT2D eigenvalue weighted by atomic mass is 10.2. The molecule has 27 heavy (non-hydrogen) atoms. The molecule has 2 N–H and O–H groups in total. The van der Waals surface area contributed by atoms with Crippen molar-refractivity contribution in [3.63, 3.8) is 0 Å². The number of benzene rings is 1. The number of hydrogen-bond donors (Lipinski definition) is 2. The summed E-state index contributed by atoms with van der Waals surface area (Å²) in [7, 11) is -3.66. The average Bonchev–Trinajstić information content (AvgIpc) is 3.34. The number of sulfone groups is 1. The molecular weight excluding hydrogens is 364 g/mol. The minimum Gasteiger partial charge on any atom is -0.493 e. The van der Waals surface area contributed by atoms with Crippen LogP contribution in [-0.4, -0.2) is 51.2 Å². The molecule has 0 radical (unpaired) electrons. The normalized spacial score (nSPS) is 17.1. The van der Waals surface area contributed by atoms with Crippen LogP contribution >= 0.6 is 0 Å². The van der Waals surface area contributed by atoms with E-state index in [9.17, 15) is 8.42 Å². The molecule has 1 fully saturated rings. The Hall–Kier alpha value is -2.58. The van der Waals surface area contributed by atoms with E-state index >= 15 is 0 Å². The van der Waals surface area contributed by atoms with Crippen LogP contribution in [0.4, 0.5) is 5.69 Å². The topological polar surface area (TPSA) is 87.3 Å². The molecule has 2 aromatic heterocycles. The maximum Gasteiger partial charge on any atom is 0.208 e. The smallest absolute Gasteiger partial charge is 0.208 e. The number of pyridine rings is 1.